The van der Waals surface area contributed by atoms with E-state index in [2.05, 4.69) is 10.2 Å². The van der Waals surface area contributed by atoms with Crippen LogP contribution in [-0.2, 0) is 16.1 Å². The van der Waals surface area contributed by atoms with Gasteiger partial charge in [0.05, 0.1) is 0 Å². The molecule has 2 fully saturated rings. The minimum atomic E-state index is -0.561. The van der Waals surface area contributed by atoms with Crippen LogP contribution in [0.2, 0.25) is 0 Å². The predicted octanol–water partition coefficient (Wildman–Crippen LogP) is 0.797. The van der Waals surface area contributed by atoms with E-state index in [0.29, 0.717) is 18.5 Å². The van der Waals surface area contributed by atoms with Crippen LogP contribution >= 0.6 is 12.4 Å². The first-order valence-corrected chi connectivity index (χ1v) is 8.81. The molecule has 0 spiro atoms. The van der Waals surface area contributed by atoms with E-state index >= 15 is 0 Å². The first-order valence-electron chi connectivity index (χ1n) is 8.81. The summed E-state index contributed by atoms with van der Waals surface area (Å²) in [5.41, 5.74) is 8.59. The molecule has 2 saturated heterocycles. The Kier molecular flexibility index (Phi) is 5.20. The first kappa shape index (κ1) is 18.7. The van der Waals surface area contributed by atoms with Gasteiger partial charge >= 0.3 is 0 Å². The van der Waals surface area contributed by atoms with Crippen LogP contribution in [0.1, 0.15) is 41.6 Å². The molecule has 0 aliphatic carbocycles. The molecule has 1 aromatic carbocycles. The summed E-state index contributed by atoms with van der Waals surface area (Å²) in [5, 5.41) is 2.33. The third kappa shape index (κ3) is 3.29. The predicted molar refractivity (Wildman–Crippen MR) is 99.2 cm³/mol. The second kappa shape index (κ2) is 7.25. The Hall–Kier alpha value is -2.12. The number of fused-ring (bicyclic) bond motifs is 1. The lowest BCUT2D eigenvalue weighted by atomic mass is 10.0. The van der Waals surface area contributed by atoms with Crippen molar-refractivity contribution >= 4 is 35.8 Å². The van der Waals surface area contributed by atoms with E-state index in [-0.39, 0.29) is 42.6 Å². The molecule has 3 aliphatic rings. The van der Waals surface area contributed by atoms with Crippen molar-refractivity contribution in [2.24, 2.45) is 5.73 Å². The number of halogens is 1. The average molecular weight is 379 g/mol. The van der Waals surface area contributed by atoms with E-state index in [4.69, 9.17) is 5.73 Å². The van der Waals surface area contributed by atoms with Gasteiger partial charge in [0, 0.05) is 43.3 Å². The topological polar surface area (TPSA) is 95.7 Å². The summed E-state index contributed by atoms with van der Waals surface area (Å²) in [7, 11) is 0. The average Bonchev–Trinajstić information content (AvgIpc) is 2.92. The number of nitrogens with two attached hydrogens (primary N) is 1. The van der Waals surface area contributed by atoms with Crippen molar-refractivity contribution < 1.29 is 14.4 Å². The minimum absolute atomic E-state index is 0. The van der Waals surface area contributed by atoms with E-state index in [9.17, 15) is 14.4 Å². The van der Waals surface area contributed by atoms with Crippen molar-refractivity contribution in [2.45, 2.75) is 44.3 Å². The number of benzene rings is 1. The zero-order chi connectivity index (χ0) is 17.6. The molecule has 7 nitrogen and oxygen atoms in total. The highest BCUT2D eigenvalue weighted by atomic mass is 35.5. The van der Waals surface area contributed by atoms with E-state index < -0.39 is 6.04 Å². The largest absolute Gasteiger partial charge is 0.371 e. The number of piperidine rings is 2. The van der Waals surface area contributed by atoms with Crippen molar-refractivity contribution in [3.05, 3.63) is 29.3 Å². The fraction of sp³-hybridized carbons (Fsp3) is 0.500. The number of nitrogens with zero attached hydrogens (tertiary/aromatic N) is 2. The molecule has 26 heavy (non-hydrogen) atoms. The first-order chi connectivity index (χ1) is 12.0. The van der Waals surface area contributed by atoms with Crippen molar-refractivity contribution in [3.8, 4) is 0 Å². The van der Waals surface area contributed by atoms with Gasteiger partial charge in [0.25, 0.3) is 5.91 Å². The number of nitrogens with one attached hydrogen (secondary N) is 1. The maximum Gasteiger partial charge on any atom is 0.255 e. The summed E-state index contributed by atoms with van der Waals surface area (Å²) in [6.45, 7) is 2.21. The number of rotatable bonds is 2. The van der Waals surface area contributed by atoms with E-state index in [1.807, 2.05) is 18.2 Å². The number of amides is 3. The fourth-order valence-corrected chi connectivity index (χ4v) is 3.90. The Balaban J connectivity index is 0.00000196. The molecule has 4 rings (SSSR count). The molecule has 1 aromatic rings. The molecular weight excluding hydrogens is 356 g/mol. The molecule has 3 heterocycles. The molecule has 0 bridgehead atoms. The lowest BCUT2D eigenvalue weighted by Gasteiger charge is -2.32. The number of hydrogen-bond donors (Lipinski definition) is 2. The molecule has 1 atom stereocenters. The minimum Gasteiger partial charge on any atom is -0.371 e. The number of imide groups is 1. The lowest BCUT2D eigenvalue weighted by molar-refractivity contribution is -0.136. The second-order valence-electron chi connectivity index (χ2n) is 7.07. The van der Waals surface area contributed by atoms with Gasteiger partial charge in [-0.25, -0.2) is 0 Å². The number of carbonyl (C=O) groups is 3. The van der Waals surface area contributed by atoms with Crippen molar-refractivity contribution in [1.29, 1.82) is 0 Å². The fourth-order valence-electron chi connectivity index (χ4n) is 3.90. The molecule has 0 aromatic heterocycles. The Morgan fingerprint density at radius 2 is 1.81 bits per heavy atom. The number of hydrogen-bond acceptors (Lipinski definition) is 5. The van der Waals surface area contributed by atoms with Crippen molar-refractivity contribution in [1.82, 2.24) is 10.2 Å². The van der Waals surface area contributed by atoms with Gasteiger partial charge in [-0.2, -0.15) is 0 Å². The quantitative estimate of drug-likeness (QED) is 0.742. The van der Waals surface area contributed by atoms with Gasteiger partial charge in [0.2, 0.25) is 11.8 Å². The molecule has 0 saturated carbocycles. The van der Waals surface area contributed by atoms with Gasteiger partial charge < -0.3 is 15.5 Å². The normalized spacial score (nSPS) is 23.6. The maximum atomic E-state index is 12.8. The number of carbonyl (C=O) groups excluding carboxylic acids is 3. The Bertz CT molecular complexity index is 746. The highest BCUT2D eigenvalue weighted by Gasteiger charge is 2.39. The summed E-state index contributed by atoms with van der Waals surface area (Å²) < 4.78 is 0. The Morgan fingerprint density at radius 3 is 2.50 bits per heavy atom. The third-order valence-corrected chi connectivity index (χ3v) is 5.42. The highest BCUT2D eigenvalue weighted by molar-refractivity contribution is 6.05. The van der Waals surface area contributed by atoms with E-state index in [1.165, 1.54) is 0 Å². The summed E-state index contributed by atoms with van der Waals surface area (Å²) in [6, 6.07) is 5.64. The molecule has 140 valence electrons. The Labute approximate surface area is 158 Å². The molecule has 3 aliphatic heterocycles. The molecule has 0 radical (unpaired) electrons. The van der Waals surface area contributed by atoms with Gasteiger partial charge in [-0.15, -0.1) is 12.4 Å². The van der Waals surface area contributed by atoms with Crippen LogP contribution in [0.3, 0.4) is 0 Å². The molecule has 3 amide bonds. The van der Waals surface area contributed by atoms with Gasteiger partial charge in [-0.05, 0) is 37.0 Å². The third-order valence-electron chi connectivity index (χ3n) is 5.42. The van der Waals surface area contributed by atoms with Crippen LogP contribution in [-0.4, -0.2) is 47.8 Å². The maximum absolute atomic E-state index is 12.8. The molecule has 3 N–H and O–H groups in total. The van der Waals surface area contributed by atoms with Crippen LogP contribution in [0.15, 0.2) is 18.2 Å². The van der Waals surface area contributed by atoms with Crippen LogP contribution in [0, 0.1) is 0 Å². The Morgan fingerprint density at radius 1 is 1.08 bits per heavy atom. The van der Waals surface area contributed by atoms with Crippen LogP contribution in [0.25, 0.3) is 0 Å². The van der Waals surface area contributed by atoms with Gasteiger partial charge in [0.1, 0.15) is 6.04 Å². The van der Waals surface area contributed by atoms with E-state index in [0.717, 1.165) is 37.2 Å². The van der Waals surface area contributed by atoms with Crippen LogP contribution in [0.4, 0.5) is 5.69 Å². The van der Waals surface area contributed by atoms with Crippen molar-refractivity contribution in [2.75, 3.05) is 18.0 Å². The van der Waals surface area contributed by atoms with Crippen LogP contribution in [0.5, 0.6) is 0 Å². The lowest BCUT2D eigenvalue weighted by Crippen LogP contribution is -2.52. The molecule has 8 heteroatoms. The van der Waals surface area contributed by atoms with Crippen molar-refractivity contribution in [3.63, 3.8) is 0 Å². The highest BCUT2D eigenvalue weighted by Crippen LogP contribution is 2.31. The zero-order valence-corrected chi connectivity index (χ0v) is 15.3. The summed E-state index contributed by atoms with van der Waals surface area (Å²) in [6.07, 6.45) is 2.57. The summed E-state index contributed by atoms with van der Waals surface area (Å²) >= 11 is 0. The van der Waals surface area contributed by atoms with Gasteiger partial charge in [-0.1, -0.05) is 6.07 Å². The van der Waals surface area contributed by atoms with Gasteiger partial charge in [0.15, 0.2) is 0 Å². The second-order valence-corrected chi connectivity index (χ2v) is 7.07. The van der Waals surface area contributed by atoms with Gasteiger partial charge in [-0.3, -0.25) is 19.7 Å². The smallest absolute Gasteiger partial charge is 0.255 e. The van der Waals surface area contributed by atoms with Crippen LogP contribution < -0.4 is 16.0 Å². The number of anilines is 1. The zero-order valence-electron chi connectivity index (χ0n) is 14.4. The SMILES string of the molecule is Cl.NC1CCN(c2ccc3c(c2)C(=O)N(C2CCC(=O)NC2=O)C3)CC1. The molecular formula is C18H23ClN4O3. The standard InChI is InChI=1S/C18H22N4O3.ClH/c19-12-5-7-21(8-6-12)13-2-1-11-10-22(18(25)14(11)9-13)15-3-4-16(23)20-17(15)24;/h1-2,9,12,15H,3-8,10,19H2,(H,20,23,24);1H. The monoisotopic (exact) mass is 378 g/mol. The summed E-state index contributed by atoms with van der Waals surface area (Å²) in [4.78, 5) is 40.1. The van der Waals surface area contributed by atoms with E-state index in [1.54, 1.807) is 4.90 Å². The molecule has 1 unspecified atom stereocenters. The summed E-state index contributed by atoms with van der Waals surface area (Å²) in [5.74, 6) is -0.765.